The molecule has 2 aliphatic rings. The van der Waals surface area contributed by atoms with Crippen molar-refractivity contribution in [3.63, 3.8) is 0 Å². The number of nitrogens with one attached hydrogen (secondary N) is 1. The van der Waals surface area contributed by atoms with Gasteiger partial charge in [0.25, 0.3) is 0 Å². The van der Waals surface area contributed by atoms with Crippen LogP contribution in [-0.2, 0) is 11.0 Å². The van der Waals surface area contributed by atoms with Crippen molar-refractivity contribution in [3.8, 4) is 0 Å². The molecular formula is C20H26F3N3O2. The monoisotopic (exact) mass is 397 g/mol. The van der Waals surface area contributed by atoms with E-state index in [9.17, 15) is 22.8 Å². The Hall–Kier alpha value is -2.25. The summed E-state index contributed by atoms with van der Waals surface area (Å²) in [6.45, 7) is 2.06. The fourth-order valence-electron chi connectivity index (χ4n) is 3.91. The van der Waals surface area contributed by atoms with Crippen LogP contribution in [0.15, 0.2) is 24.3 Å². The Morgan fingerprint density at radius 2 is 1.54 bits per heavy atom. The maximum absolute atomic E-state index is 12.6. The van der Waals surface area contributed by atoms with Crippen LogP contribution < -0.4 is 5.32 Å². The van der Waals surface area contributed by atoms with Gasteiger partial charge in [-0.3, -0.25) is 4.79 Å². The molecule has 1 aliphatic carbocycles. The number of hydrogen-bond donors (Lipinski definition) is 1. The molecule has 1 heterocycles. The fraction of sp³-hybridized carbons (Fsp3) is 0.600. The lowest BCUT2D eigenvalue weighted by Crippen LogP contribution is -2.39. The van der Waals surface area contributed by atoms with E-state index in [1.807, 2.05) is 4.90 Å². The van der Waals surface area contributed by atoms with Crippen molar-refractivity contribution in [1.29, 1.82) is 0 Å². The normalized spacial score (nSPS) is 18.8. The molecule has 154 valence electrons. The topological polar surface area (TPSA) is 52.7 Å². The van der Waals surface area contributed by atoms with Gasteiger partial charge in [0.15, 0.2) is 0 Å². The summed E-state index contributed by atoms with van der Waals surface area (Å²) in [7, 11) is 0. The lowest BCUT2D eigenvalue weighted by Gasteiger charge is -2.23. The lowest BCUT2D eigenvalue weighted by atomic mass is 10.0. The second-order valence-electron chi connectivity index (χ2n) is 7.58. The van der Waals surface area contributed by atoms with Crippen LogP contribution in [0.3, 0.4) is 0 Å². The van der Waals surface area contributed by atoms with Gasteiger partial charge < -0.3 is 15.1 Å². The van der Waals surface area contributed by atoms with E-state index in [1.165, 1.54) is 25.0 Å². The molecule has 1 aliphatic heterocycles. The van der Waals surface area contributed by atoms with Gasteiger partial charge in [-0.2, -0.15) is 13.2 Å². The molecule has 0 spiro atoms. The van der Waals surface area contributed by atoms with Crippen molar-refractivity contribution in [1.82, 2.24) is 9.80 Å². The predicted molar refractivity (Wildman–Crippen MR) is 99.8 cm³/mol. The molecule has 5 nitrogen and oxygen atoms in total. The van der Waals surface area contributed by atoms with E-state index in [0.29, 0.717) is 50.6 Å². The van der Waals surface area contributed by atoms with Crippen molar-refractivity contribution in [2.45, 2.75) is 44.7 Å². The van der Waals surface area contributed by atoms with Gasteiger partial charge in [0, 0.05) is 38.3 Å². The number of nitrogens with zero attached hydrogens (tertiary/aromatic N) is 2. The van der Waals surface area contributed by atoms with Gasteiger partial charge in [-0.1, -0.05) is 12.8 Å². The van der Waals surface area contributed by atoms with E-state index < -0.39 is 11.7 Å². The summed E-state index contributed by atoms with van der Waals surface area (Å²) in [6.07, 6.45) is 1.55. The highest BCUT2D eigenvalue weighted by molar-refractivity contribution is 5.89. The Balaban J connectivity index is 1.50. The molecule has 1 aromatic carbocycles. The van der Waals surface area contributed by atoms with Crippen LogP contribution in [0.25, 0.3) is 0 Å². The maximum Gasteiger partial charge on any atom is 0.416 e. The van der Waals surface area contributed by atoms with Crippen molar-refractivity contribution in [2.24, 2.45) is 5.92 Å². The first-order valence-corrected chi connectivity index (χ1v) is 9.84. The third-order valence-electron chi connectivity index (χ3n) is 5.54. The number of halogens is 3. The van der Waals surface area contributed by atoms with Crippen LogP contribution >= 0.6 is 0 Å². The highest BCUT2D eigenvalue weighted by Gasteiger charge is 2.30. The maximum atomic E-state index is 12.6. The number of benzene rings is 1. The zero-order chi connectivity index (χ0) is 20.1. The molecule has 0 atom stereocenters. The molecule has 1 N–H and O–H groups in total. The fourth-order valence-corrected chi connectivity index (χ4v) is 3.91. The second kappa shape index (κ2) is 8.84. The number of hydrogen-bond acceptors (Lipinski definition) is 2. The number of anilines is 1. The standard InChI is InChI=1S/C20H26F3N3O2/c21-20(22,23)16-6-8-17(9-7-16)24-19(28)26-11-3-10-25(12-13-26)18(27)14-15-4-1-2-5-15/h6-9,15H,1-5,10-14H2,(H,24,28). The largest absolute Gasteiger partial charge is 0.416 e. The zero-order valence-electron chi connectivity index (χ0n) is 15.8. The minimum atomic E-state index is -4.40. The van der Waals surface area contributed by atoms with Crippen LogP contribution in [0, 0.1) is 5.92 Å². The summed E-state index contributed by atoms with van der Waals surface area (Å²) in [5.41, 5.74) is -0.437. The number of alkyl halides is 3. The third-order valence-corrected chi connectivity index (χ3v) is 5.54. The molecular weight excluding hydrogens is 371 g/mol. The third kappa shape index (κ3) is 5.39. The van der Waals surface area contributed by atoms with Crippen molar-refractivity contribution >= 4 is 17.6 Å². The lowest BCUT2D eigenvalue weighted by molar-refractivity contribution is -0.137. The molecule has 28 heavy (non-hydrogen) atoms. The van der Waals surface area contributed by atoms with Crippen LogP contribution in [0.2, 0.25) is 0 Å². The van der Waals surface area contributed by atoms with Crippen LogP contribution in [0.1, 0.15) is 44.1 Å². The van der Waals surface area contributed by atoms with E-state index in [0.717, 1.165) is 25.0 Å². The average Bonchev–Trinajstić information content (AvgIpc) is 3.02. The highest BCUT2D eigenvalue weighted by Crippen LogP contribution is 2.30. The molecule has 1 saturated carbocycles. The van der Waals surface area contributed by atoms with Gasteiger partial charge in [-0.25, -0.2) is 4.79 Å². The molecule has 0 bridgehead atoms. The Labute approximate surface area is 162 Å². The van der Waals surface area contributed by atoms with Crippen LogP contribution in [0.4, 0.5) is 23.7 Å². The number of amides is 3. The SMILES string of the molecule is O=C(CC1CCCC1)N1CCCN(C(=O)Nc2ccc(C(F)(F)F)cc2)CC1. The zero-order valence-corrected chi connectivity index (χ0v) is 15.8. The first-order valence-electron chi connectivity index (χ1n) is 9.84. The molecule has 2 fully saturated rings. The summed E-state index contributed by atoms with van der Waals surface area (Å²) < 4.78 is 37.9. The highest BCUT2D eigenvalue weighted by atomic mass is 19.4. The Morgan fingerprint density at radius 3 is 2.18 bits per heavy atom. The second-order valence-corrected chi connectivity index (χ2v) is 7.58. The van der Waals surface area contributed by atoms with E-state index in [4.69, 9.17) is 0 Å². The minimum absolute atomic E-state index is 0.164. The molecule has 0 unspecified atom stereocenters. The van der Waals surface area contributed by atoms with Gasteiger partial charge in [-0.05, 0) is 49.4 Å². The summed E-state index contributed by atoms with van der Waals surface area (Å²) in [6, 6.07) is 4.03. The van der Waals surface area contributed by atoms with Crippen LogP contribution in [0.5, 0.6) is 0 Å². The summed E-state index contributed by atoms with van der Waals surface area (Å²) in [5, 5.41) is 2.64. The Kier molecular flexibility index (Phi) is 6.46. The smallest absolute Gasteiger partial charge is 0.341 e. The number of urea groups is 1. The number of carbonyl (C=O) groups is 2. The van der Waals surface area contributed by atoms with E-state index >= 15 is 0 Å². The Bertz CT molecular complexity index is 685. The van der Waals surface area contributed by atoms with Gasteiger partial charge in [0.2, 0.25) is 5.91 Å². The average molecular weight is 397 g/mol. The first kappa shape index (κ1) is 20.5. The van der Waals surface area contributed by atoms with Crippen LogP contribution in [-0.4, -0.2) is 47.9 Å². The molecule has 1 aromatic rings. The van der Waals surface area contributed by atoms with Gasteiger partial charge in [0.05, 0.1) is 5.56 Å². The number of rotatable bonds is 3. The molecule has 0 radical (unpaired) electrons. The molecule has 0 aromatic heterocycles. The number of carbonyl (C=O) groups excluding carboxylic acids is 2. The first-order chi connectivity index (χ1) is 13.3. The summed E-state index contributed by atoms with van der Waals surface area (Å²) in [4.78, 5) is 28.4. The molecule has 3 rings (SSSR count). The Morgan fingerprint density at radius 1 is 0.929 bits per heavy atom. The van der Waals surface area contributed by atoms with E-state index in [1.54, 1.807) is 4.90 Å². The predicted octanol–water partition coefficient (Wildman–Crippen LogP) is 4.35. The van der Waals surface area contributed by atoms with Gasteiger partial charge in [0.1, 0.15) is 0 Å². The van der Waals surface area contributed by atoms with E-state index in [-0.39, 0.29) is 11.9 Å². The van der Waals surface area contributed by atoms with Crippen molar-refractivity contribution in [2.75, 3.05) is 31.5 Å². The minimum Gasteiger partial charge on any atom is -0.341 e. The molecule has 8 heteroatoms. The van der Waals surface area contributed by atoms with Crippen molar-refractivity contribution < 1.29 is 22.8 Å². The summed E-state index contributed by atoms with van der Waals surface area (Å²) >= 11 is 0. The van der Waals surface area contributed by atoms with Crippen molar-refractivity contribution in [3.05, 3.63) is 29.8 Å². The molecule has 1 saturated heterocycles. The summed E-state index contributed by atoms with van der Waals surface area (Å²) in [5.74, 6) is 0.659. The quantitative estimate of drug-likeness (QED) is 0.824. The van der Waals surface area contributed by atoms with Gasteiger partial charge in [-0.15, -0.1) is 0 Å². The molecule has 3 amide bonds. The van der Waals surface area contributed by atoms with E-state index in [2.05, 4.69) is 5.32 Å². The van der Waals surface area contributed by atoms with Gasteiger partial charge >= 0.3 is 12.2 Å².